The Bertz CT molecular complexity index is 758. The third-order valence-electron chi connectivity index (χ3n) is 4.30. The van der Waals surface area contributed by atoms with Crippen LogP contribution in [-0.4, -0.2) is 56.0 Å². The van der Waals surface area contributed by atoms with E-state index in [1.807, 2.05) is 48.8 Å². The molecule has 0 aliphatic carbocycles. The topological polar surface area (TPSA) is 58.3 Å². The Morgan fingerprint density at radius 1 is 1.35 bits per heavy atom. The number of hydrogen-bond acceptors (Lipinski definition) is 4. The van der Waals surface area contributed by atoms with Crippen LogP contribution in [0.5, 0.6) is 0 Å². The molecule has 0 radical (unpaired) electrons. The van der Waals surface area contributed by atoms with Crippen LogP contribution in [0.25, 0.3) is 5.82 Å². The van der Waals surface area contributed by atoms with Crippen LogP contribution in [-0.2, 0) is 6.54 Å². The minimum atomic E-state index is 0. The fraction of sp³-hybridized carbons (Fsp3) is 0.500. The van der Waals surface area contributed by atoms with Crippen molar-refractivity contribution in [3.05, 3.63) is 42.1 Å². The number of pyridine rings is 1. The van der Waals surface area contributed by atoms with Crippen LogP contribution < -0.4 is 5.32 Å². The Morgan fingerprint density at radius 2 is 2.15 bits per heavy atom. The van der Waals surface area contributed by atoms with Gasteiger partial charge in [0.25, 0.3) is 0 Å². The lowest BCUT2D eigenvalue weighted by molar-refractivity contribution is 0.375. The molecule has 0 saturated carbocycles. The van der Waals surface area contributed by atoms with Crippen LogP contribution in [0, 0.1) is 6.92 Å². The van der Waals surface area contributed by atoms with Crippen molar-refractivity contribution in [2.75, 3.05) is 25.9 Å². The van der Waals surface area contributed by atoms with Crippen molar-refractivity contribution in [1.29, 1.82) is 0 Å². The molecule has 0 amide bonds. The number of nitrogens with one attached hydrogen (secondary N) is 1. The lowest BCUT2D eigenvalue weighted by atomic mass is 10.2. The van der Waals surface area contributed by atoms with Crippen LogP contribution in [0.2, 0.25) is 0 Å². The summed E-state index contributed by atoms with van der Waals surface area (Å²) in [6.07, 6.45) is 5.56. The third-order valence-corrected chi connectivity index (χ3v) is 5.59. The van der Waals surface area contributed by atoms with E-state index in [0.29, 0.717) is 6.54 Å². The predicted octanol–water partition coefficient (Wildman–Crippen LogP) is 3.10. The largest absolute Gasteiger partial charge is 0.352 e. The van der Waals surface area contributed by atoms with E-state index in [9.17, 15) is 0 Å². The summed E-state index contributed by atoms with van der Waals surface area (Å²) in [6, 6.07) is 4.06. The van der Waals surface area contributed by atoms with Crippen LogP contribution in [0.3, 0.4) is 0 Å². The van der Waals surface area contributed by atoms with Gasteiger partial charge in [-0.25, -0.2) is 9.97 Å². The Labute approximate surface area is 176 Å². The molecular weight excluding hydrogens is 459 g/mol. The number of halogens is 1. The normalized spacial score (nSPS) is 16.9. The Morgan fingerprint density at radius 3 is 2.81 bits per heavy atom. The summed E-state index contributed by atoms with van der Waals surface area (Å²) in [4.78, 5) is 15.7. The molecule has 0 atom stereocenters. The Balaban J connectivity index is 0.00000243. The highest BCUT2D eigenvalue weighted by Gasteiger charge is 2.28. The van der Waals surface area contributed by atoms with Gasteiger partial charge in [-0.1, -0.05) is 6.07 Å². The van der Waals surface area contributed by atoms with Crippen LogP contribution in [0.15, 0.2) is 35.7 Å². The zero-order valence-electron chi connectivity index (χ0n) is 15.8. The summed E-state index contributed by atoms with van der Waals surface area (Å²) in [5.74, 6) is 3.92. The van der Waals surface area contributed by atoms with Gasteiger partial charge in [0, 0.05) is 61.3 Å². The van der Waals surface area contributed by atoms with Gasteiger partial charge in [0.2, 0.25) is 0 Å². The molecule has 1 N–H and O–H groups in total. The number of aromatic nitrogens is 3. The first-order valence-electron chi connectivity index (χ1n) is 8.54. The quantitative estimate of drug-likeness (QED) is 0.411. The smallest absolute Gasteiger partial charge is 0.193 e. The molecule has 0 aromatic carbocycles. The van der Waals surface area contributed by atoms with E-state index in [1.165, 1.54) is 0 Å². The highest BCUT2D eigenvalue weighted by atomic mass is 127. The lowest BCUT2D eigenvalue weighted by Crippen LogP contribution is -2.50. The second-order valence-electron chi connectivity index (χ2n) is 6.76. The number of hydrogen-bond donors (Lipinski definition) is 1. The molecule has 8 heteroatoms. The zero-order chi connectivity index (χ0) is 17.9. The van der Waals surface area contributed by atoms with Crippen molar-refractivity contribution in [1.82, 2.24) is 24.8 Å². The number of rotatable bonds is 3. The molecule has 6 nitrogen and oxygen atoms in total. The summed E-state index contributed by atoms with van der Waals surface area (Å²) in [5.41, 5.74) is 1.12. The fourth-order valence-electron chi connectivity index (χ4n) is 3.09. The van der Waals surface area contributed by atoms with Crippen molar-refractivity contribution in [3.8, 4) is 5.82 Å². The number of thioether (sulfide) groups is 1. The molecule has 1 saturated heterocycles. The second kappa shape index (κ2) is 9.07. The van der Waals surface area contributed by atoms with Crippen molar-refractivity contribution < 1.29 is 0 Å². The molecule has 2 aromatic heterocycles. The van der Waals surface area contributed by atoms with E-state index >= 15 is 0 Å². The van der Waals surface area contributed by atoms with Gasteiger partial charge in [0.05, 0.1) is 0 Å². The molecule has 2 aromatic rings. The molecule has 1 aliphatic rings. The number of guanidine groups is 1. The van der Waals surface area contributed by atoms with E-state index in [4.69, 9.17) is 0 Å². The molecule has 26 heavy (non-hydrogen) atoms. The van der Waals surface area contributed by atoms with E-state index in [2.05, 4.69) is 45.1 Å². The van der Waals surface area contributed by atoms with E-state index in [-0.39, 0.29) is 28.7 Å². The van der Waals surface area contributed by atoms with Gasteiger partial charge in [0.15, 0.2) is 5.96 Å². The SMILES string of the molecule is CN=C(NCc1cccnc1-n1ccnc1C)N1CCSC(C)(C)C1.I. The monoisotopic (exact) mass is 486 g/mol. The first-order valence-corrected chi connectivity index (χ1v) is 9.52. The maximum atomic E-state index is 4.55. The molecular formula is C18H27IN6S. The van der Waals surface area contributed by atoms with Gasteiger partial charge in [-0.05, 0) is 26.8 Å². The second-order valence-corrected chi connectivity index (χ2v) is 8.56. The van der Waals surface area contributed by atoms with Gasteiger partial charge < -0.3 is 10.2 Å². The zero-order valence-corrected chi connectivity index (χ0v) is 18.9. The third kappa shape index (κ3) is 4.91. The molecule has 0 spiro atoms. The lowest BCUT2D eigenvalue weighted by Gasteiger charge is -2.39. The van der Waals surface area contributed by atoms with E-state index in [1.54, 1.807) is 6.20 Å². The highest BCUT2D eigenvalue weighted by Crippen LogP contribution is 2.29. The summed E-state index contributed by atoms with van der Waals surface area (Å²) in [5, 5.41) is 3.51. The molecule has 0 unspecified atom stereocenters. The number of imidazole rings is 1. The van der Waals surface area contributed by atoms with Gasteiger partial charge in [-0.2, -0.15) is 11.8 Å². The summed E-state index contributed by atoms with van der Waals surface area (Å²) < 4.78 is 2.27. The van der Waals surface area contributed by atoms with Gasteiger partial charge >= 0.3 is 0 Å². The maximum absolute atomic E-state index is 4.55. The number of nitrogens with zero attached hydrogens (tertiary/aromatic N) is 5. The van der Waals surface area contributed by atoms with Crippen molar-refractivity contribution in [3.63, 3.8) is 0 Å². The number of aliphatic imine (C=N–C) groups is 1. The van der Waals surface area contributed by atoms with Crippen LogP contribution in [0.1, 0.15) is 25.2 Å². The van der Waals surface area contributed by atoms with E-state index in [0.717, 1.165) is 42.0 Å². The first-order chi connectivity index (χ1) is 12.0. The first kappa shape index (κ1) is 21.0. The molecule has 142 valence electrons. The minimum Gasteiger partial charge on any atom is -0.352 e. The summed E-state index contributed by atoms with van der Waals surface area (Å²) in [6.45, 7) is 9.26. The molecule has 3 rings (SSSR count). The summed E-state index contributed by atoms with van der Waals surface area (Å²) in [7, 11) is 1.85. The molecule has 1 fully saturated rings. The Hall–Kier alpha value is -1.29. The predicted molar refractivity (Wildman–Crippen MR) is 120 cm³/mol. The molecule has 0 bridgehead atoms. The Kier molecular flexibility index (Phi) is 7.33. The number of aryl methyl sites for hydroxylation is 1. The average Bonchev–Trinajstić information content (AvgIpc) is 3.01. The fourth-order valence-corrected chi connectivity index (χ4v) is 4.20. The van der Waals surface area contributed by atoms with Crippen molar-refractivity contribution in [2.45, 2.75) is 32.1 Å². The van der Waals surface area contributed by atoms with Crippen LogP contribution >= 0.6 is 35.7 Å². The average molecular weight is 486 g/mol. The maximum Gasteiger partial charge on any atom is 0.193 e. The van der Waals surface area contributed by atoms with Crippen molar-refractivity contribution >= 4 is 41.7 Å². The minimum absolute atomic E-state index is 0. The van der Waals surface area contributed by atoms with Gasteiger partial charge in [-0.15, -0.1) is 24.0 Å². The van der Waals surface area contributed by atoms with E-state index < -0.39 is 0 Å². The standard InChI is InChI=1S/C18H26N6S.HI/c1-14-20-8-9-24(14)16-15(6-5-7-21-16)12-22-17(19-4)23-10-11-25-18(2,3)13-23;/h5-9H,10-13H2,1-4H3,(H,19,22);1H. The molecule has 3 heterocycles. The summed E-state index contributed by atoms with van der Waals surface area (Å²) >= 11 is 2.02. The van der Waals surface area contributed by atoms with Crippen LogP contribution in [0.4, 0.5) is 0 Å². The molecule has 1 aliphatic heterocycles. The van der Waals surface area contributed by atoms with Gasteiger partial charge in [0.1, 0.15) is 11.6 Å². The van der Waals surface area contributed by atoms with Gasteiger partial charge in [-0.3, -0.25) is 9.56 Å². The highest BCUT2D eigenvalue weighted by molar-refractivity contribution is 14.0. The van der Waals surface area contributed by atoms with Crippen molar-refractivity contribution in [2.24, 2.45) is 4.99 Å².